The fourth-order valence-corrected chi connectivity index (χ4v) is 20.0. The molecular weight excluding hydrogens is 1550 g/mol. The molecule has 0 atom stereocenters. The maximum absolute atomic E-state index is 5.40. The zero-order valence-corrected chi connectivity index (χ0v) is 68.3. The zero-order chi connectivity index (χ0) is 82.0. The normalized spacial score (nSPS) is 11.5. The van der Waals surface area contributed by atoms with Crippen LogP contribution in [0.25, 0.3) is 231 Å². The molecule has 24 rings (SSSR count). The van der Waals surface area contributed by atoms with E-state index in [9.17, 15) is 0 Å². The van der Waals surface area contributed by atoms with Gasteiger partial charge in [0, 0.05) is 141 Å². The minimum absolute atomic E-state index is 0.562. The molecule has 0 saturated carbocycles. The van der Waals surface area contributed by atoms with E-state index in [2.05, 4.69) is 300 Å². The Morgan fingerprint density at radius 3 is 0.952 bits per heavy atom. The number of hydrogen-bond donors (Lipinski definition) is 0. The number of aromatic nitrogens is 10. The average molecular weight is 1620 g/mol. The number of hydrogen-bond acceptors (Lipinski definition) is 10. The van der Waals surface area contributed by atoms with Crippen LogP contribution in [0.4, 0.5) is 0 Å². The largest absolute Gasteiger partial charge is 0.309 e. The number of thiophene rings is 2. The molecule has 0 aliphatic heterocycles. The molecule has 12 heteroatoms. The van der Waals surface area contributed by atoms with Crippen molar-refractivity contribution in [2.24, 2.45) is 0 Å². The molecule has 580 valence electrons. The first-order valence-electron chi connectivity index (χ1n) is 41.4. The highest BCUT2D eigenvalue weighted by Gasteiger charge is 2.26. The van der Waals surface area contributed by atoms with Crippen molar-refractivity contribution >= 4 is 107 Å². The summed E-state index contributed by atoms with van der Waals surface area (Å²) >= 11 is 3.63. The van der Waals surface area contributed by atoms with E-state index in [1.165, 1.54) is 79.3 Å². The Morgan fingerprint density at radius 2 is 0.508 bits per heavy atom. The van der Waals surface area contributed by atoms with Gasteiger partial charge in [0.05, 0.1) is 33.5 Å². The number of nitrogens with zero attached hydrogens (tertiary/aromatic N) is 10. The molecule has 0 radical (unpaired) electrons. The van der Waals surface area contributed by atoms with Gasteiger partial charge in [-0.2, -0.15) is 0 Å². The van der Waals surface area contributed by atoms with Crippen molar-refractivity contribution in [1.82, 2.24) is 49.0 Å². The molecule has 0 bridgehead atoms. The highest BCUT2D eigenvalue weighted by molar-refractivity contribution is 7.26. The predicted molar refractivity (Wildman–Crippen MR) is 515 cm³/mol. The van der Waals surface area contributed by atoms with E-state index >= 15 is 0 Å². The fourth-order valence-electron chi connectivity index (χ4n) is 17.6. The minimum atomic E-state index is 0.562. The van der Waals surface area contributed by atoms with E-state index in [4.69, 9.17) is 39.9 Å². The Kier molecular flexibility index (Phi) is 18.4. The van der Waals surface area contributed by atoms with E-state index < -0.39 is 0 Å². The molecule has 0 fully saturated rings. The summed E-state index contributed by atoms with van der Waals surface area (Å²) in [4.78, 5) is 41.7. The van der Waals surface area contributed by atoms with Crippen LogP contribution < -0.4 is 0 Å². The molecule has 124 heavy (non-hydrogen) atoms. The van der Waals surface area contributed by atoms with Crippen LogP contribution in [-0.4, -0.2) is 49.0 Å². The van der Waals surface area contributed by atoms with Gasteiger partial charge < -0.3 is 9.13 Å². The van der Waals surface area contributed by atoms with Crippen molar-refractivity contribution in [3.63, 3.8) is 0 Å². The van der Waals surface area contributed by atoms with Gasteiger partial charge >= 0.3 is 0 Å². The van der Waals surface area contributed by atoms with Crippen LogP contribution in [0.15, 0.2) is 425 Å². The molecule has 10 nitrogen and oxygen atoms in total. The summed E-state index contributed by atoms with van der Waals surface area (Å²) in [6.07, 6.45) is 4.00. The Labute approximate surface area is 722 Å². The molecule has 8 aromatic heterocycles. The van der Waals surface area contributed by atoms with Crippen LogP contribution in [0.5, 0.6) is 0 Å². The van der Waals surface area contributed by atoms with Crippen LogP contribution in [0.2, 0.25) is 0 Å². The molecule has 8 heterocycles. The third kappa shape index (κ3) is 13.2. The molecule has 0 amide bonds. The highest BCUT2D eigenvalue weighted by Crippen LogP contribution is 2.49. The predicted octanol–water partition coefficient (Wildman–Crippen LogP) is 29.5. The average Bonchev–Trinajstić information content (AvgIpc) is 1.56. The molecule has 24 aromatic rings. The minimum Gasteiger partial charge on any atom is -0.309 e. The Balaban J connectivity index is 0.000000143. The molecule has 16 aromatic carbocycles. The first-order valence-corrected chi connectivity index (χ1v) is 43.1. The topological polar surface area (TPSA) is 113 Å². The highest BCUT2D eigenvalue weighted by atomic mass is 32.1. The van der Waals surface area contributed by atoms with Crippen LogP contribution in [-0.2, 0) is 0 Å². The first-order chi connectivity index (χ1) is 61.5. The summed E-state index contributed by atoms with van der Waals surface area (Å²) < 4.78 is 9.61. The smallest absolute Gasteiger partial charge is 0.166 e. The second kappa shape index (κ2) is 31.2. The van der Waals surface area contributed by atoms with E-state index in [-0.39, 0.29) is 0 Å². The number of benzene rings is 16. The van der Waals surface area contributed by atoms with Crippen LogP contribution in [0.1, 0.15) is 0 Å². The fraction of sp³-hybridized carbons (Fsp3) is 0. The zero-order valence-electron chi connectivity index (χ0n) is 66.7. The van der Waals surface area contributed by atoms with Crippen LogP contribution in [0.3, 0.4) is 0 Å². The molecule has 0 aliphatic carbocycles. The lowest BCUT2D eigenvalue weighted by molar-refractivity contribution is 1.07. The Hall–Kier alpha value is -16.1. The Bertz CT molecular complexity index is 8090. The van der Waals surface area contributed by atoms with Gasteiger partial charge in [0.15, 0.2) is 34.9 Å². The lowest BCUT2D eigenvalue weighted by Crippen LogP contribution is -2.02. The van der Waals surface area contributed by atoms with Gasteiger partial charge in [0.2, 0.25) is 0 Å². The third-order valence-electron chi connectivity index (χ3n) is 23.4. The number of para-hydroxylation sites is 4. The second-order valence-corrected chi connectivity index (χ2v) is 33.0. The van der Waals surface area contributed by atoms with Gasteiger partial charge in [-0.3, -0.25) is 9.97 Å². The van der Waals surface area contributed by atoms with Crippen LogP contribution >= 0.6 is 22.7 Å². The lowest BCUT2D eigenvalue weighted by Gasteiger charge is -2.15. The van der Waals surface area contributed by atoms with E-state index in [0.29, 0.717) is 34.9 Å². The molecule has 0 spiro atoms. The lowest BCUT2D eigenvalue weighted by atomic mass is 9.93. The maximum Gasteiger partial charge on any atom is 0.166 e. The van der Waals surface area contributed by atoms with E-state index in [0.717, 1.165) is 116 Å². The number of pyridine rings is 2. The summed E-state index contributed by atoms with van der Waals surface area (Å²) in [5.41, 5.74) is 24.7. The first kappa shape index (κ1) is 73.1. The summed E-state index contributed by atoms with van der Waals surface area (Å²) in [6.45, 7) is 0. The molecule has 0 unspecified atom stereocenters. The van der Waals surface area contributed by atoms with Crippen molar-refractivity contribution in [2.75, 3.05) is 0 Å². The summed E-state index contributed by atoms with van der Waals surface area (Å²) in [5.74, 6) is 3.55. The van der Waals surface area contributed by atoms with E-state index in [1.807, 2.05) is 156 Å². The molecule has 0 N–H and O–H groups in total. The van der Waals surface area contributed by atoms with Gasteiger partial charge in [0.25, 0.3) is 0 Å². The standard InChI is InChI=1S/2C56H35N5S/c1-5-18-36(19-6-1)41-26-13-14-27-42(41)39-32-48(56-59-54(37-20-7-2-8-21-37)58-55(60-56)38-22-9-3-10-23-38)52(57-35-39)45-30-17-29-44-47-33-50-46(34-51(47)62-53(44)45)43-28-15-16-31-49(43)61(50)40-24-11-4-12-25-40;1-5-17-36(18-6-1)42-25-13-14-26-43(42)40-31-48(56-59-54(37-19-7-2-8-20-37)58-55(60-56)38-21-9-3-10-22-38)53(57-35-40)39-29-30-45-47-33-50-46(34-52(47)62-51(45)32-39)44-27-15-16-28-49(44)61(50)41-23-11-4-12-24-41/h2*1-35H. The summed E-state index contributed by atoms with van der Waals surface area (Å²) in [7, 11) is 0. The van der Waals surface area contributed by atoms with Crippen molar-refractivity contribution in [3.8, 4) is 147 Å². The third-order valence-corrected chi connectivity index (χ3v) is 25.7. The number of fused-ring (bicyclic) bond motifs is 12. The quantitative estimate of drug-likeness (QED) is 0.106. The molecule has 0 saturated heterocycles. The van der Waals surface area contributed by atoms with E-state index in [1.54, 1.807) is 0 Å². The van der Waals surface area contributed by atoms with Gasteiger partial charge in [0.1, 0.15) is 0 Å². The van der Waals surface area contributed by atoms with Crippen molar-refractivity contribution in [1.29, 1.82) is 0 Å². The van der Waals surface area contributed by atoms with Gasteiger partial charge in [-0.25, -0.2) is 29.9 Å². The van der Waals surface area contributed by atoms with Gasteiger partial charge in [-0.1, -0.05) is 334 Å². The monoisotopic (exact) mass is 1620 g/mol. The van der Waals surface area contributed by atoms with Gasteiger partial charge in [-0.15, -0.1) is 22.7 Å². The van der Waals surface area contributed by atoms with Crippen molar-refractivity contribution in [3.05, 3.63) is 425 Å². The van der Waals surface area contributed by atoms with Crippen molar-refractivity contribution < 1.29 is 0 Å². The summed E-state index contributed by atoms with van der Waals surface area (Å²) in [6, 6.07) is 145. The molecule has 0 aliphatic rings. The second-order valence-electron chi connectivity index (χ2n) is 30.8. The molecular formula is C112H70N10S2. The maximum atomic E-state index is 5.40. The Morgan fingerprint density at radius 1 is 0.177 bits per heavy atom. The summed E-state index contributed by atoms with van der Waals surface area (Å²) in [5, 5.41) is 9.82. The van der Waals surface area contributed by atoms with Gasteiger partial charge in [-0.05, 0) is 112 Å². The number of rotatable bonds is 14. The van der Waals surface area contributed by atoms with Crippen molar-refractivity contribution in [2.45, 2.75) is 0 Å². The van der Waals surface area contributed by atoms with Crippen LogP contribution in [0, 0.1) is 0 Å². The SMILES string of the molecule is c1ccc(-c2nc(-c3ccccc3)nc(-c3cc(-c4ccccc4-c4ccccc4)cnc3-c3ccc4c(c3)sc3cc5c6ccccc6n(-c6ccccc6)c5cc34)n2)cc1.c1ccc(-c2nc(-c3ccccc3)nc(-c3cc(-c4ccccc4-c4ccccc4)cnc3-c3cccc4c3sc3cc5c6ccccc6n(-c6ccccc6)c5cc34)n2)cc1.